The Morgan fingerprint density at radius 1 is 1.12 bits per heavy atom. The number of nitrogens with zero attached hydrogens (tertiary/aromatic N) is 2. The van der Waals surface area contributed by atoms with Gasteiger partial charge in [0.15, 0.2) is 6.23 Å². The van der Waals surface area contributed by atoms with Crippen LogP contribution >= 0.6 is 23.2 Å². The molecule has 0 saturated carbocycles. The predicted octanol–water partition coefficient (Wildman–Crippen LogP) is 3.41. The molecule has 3 aromatic rings. The number of aliphatic hydroxyl groups excluding tert-OH is 1. The Hall–Kier alpha value is -2.74. The minimum absolute atomic E-state index is 0.0570. The van der Waals surface area contributed by atoms with Crippen molar-refractivity contribution in [3.63, 3.8) is 0 Å². The van der Waals surface area contributed by atoms with Crippen molar-refractivity contribution in [3.8, 4) is 22.8 Å². The molecule has 0 amide bonds. The highest BCUT2D eigenvalue weighted by atomic mass is 35.5. The quantitative estimate of drug-likeness (QED) is 0.259. The number of hydrogen-bond acceptors (Lipinski definition) is 6. The lowest BCUT2D eigenvalue weighted by Crippen LogP contribution is -2.15. The molecular formula is C17H14Cl2N4O3. The monoisotopic (exact) mass is 392 g/mol. The zero-order valence-corrected chi connectivity index (χ0v) is 14.7. The van der Waals surface area contributed by atoms with E-state index in [0.29, 0.717) is 32.6 Å². The highest BCUT2D eigenvalue weighted by Crippen LogP contribution is 2.30. The van der Waals surface area contributed by atoms with Gasteiger partial charge in [-0.05, 0) is 36.4 Å². The number of aromatic amines is 1. The maximum atomic E-state index is 10.1. The number of phenols is 2. The van der Waals surface area contributed by atoms with Crippen LogP contribution in [0, 0.1) is 0 Å². The van der Waals surface area contributed by atoms with Crippen LogP contribution in [0.1, 0.15) is 17.5 Å². The number of hydrazone groups is 1. The molecule has 2 aromatic carbocycles. The van der Waals surface area contributed by atoms with Gasteiger partial charge >= 0.3 is 0 Å². The Kier molecular flexibility index (Phi) is 5.32. The molecule has 0 aliphatic rings. The van der Waals surface area contributed by atoms with Crippen molar-refractivity contribution in [2.24, 2.45) is 5.10 Å². The lowest BCUT2D eigenvalue weighted by molar-refractivity contribution is 0.136. The molecule has 0 aliphatic heterocycles. The van der Waals surface area contributed by atoms with E-state index in [1.165, 1.54) is 24.4 Å². The third-order valence-corrected chi connectivity index (χ3v) is 4.06. The third-order valence-electron chi connectivity index (χ3n) is 3.51. The van der Waals surface area contributed by atoms with Crippen LogP contribution in [0.3, 0.4) is 0 Å². The molecule has 3 rings (SSSR count). The molecule has 134 valence electrons. The number of hydrogen-bond donors (Lipinski definition) is 5. The molecule has 5 N–H and O–H groups in total. The maximum Gasteiger partial charge on any atom is 0.182 e. The number of phenolic OH excluding ortho intramolecular Hbond substituents is 2. The maximum absolute atomic E-state index is 10.1. The average molecular weight is 393 g/mol. The first kappa shape index (κ1) is 18.1. The number of H-pyrrole nitrogens is 1. The summed E-state index contributed by atoms with van der Waals surface area (Å²) in [6.07, 6.45) is 0.156. The van der Waals surface area contributed by atoms with E-state index in [2.05, 4.69) is 20.7 Å². The summed E-state index contributed by atoms with van der Waals surface area (Å²) in [6, 6.07) is 10.7. The number of nitrogens with one attached hydrogen (secondary N) is 2. The number of benzene rings is 2. The first-order valence-corrected chi connectivity index (χ1v) is 8.19. The minimum Gasteiger partial charge on any atom is -0.508 e. The van der Waals surface area contributed by atoms with Crippen molar-refractivity contribution in [1.82, 2.24) is 15.6 Å². The molecule has 0 fully saturated rings. The molecule has 7 nitrogen and oxygen atoms in total. The summed E-state index contributed by atoms with van der Waals surface area (Å²) in [5.74, 6) is -0.190. The molecule has 9 heteroatoms. The van der Waals surface area contributed by atoms with Crippen LogP contribution in [-0.2, 0) is 0 Å². The van der Waals surface area contributed by atoms with Gasteiger partial charge in [0.2, 0.25) is 0 Å². The van der Waals surface area contributed by atoms with Crippen LogP contribution in [0.15, 0.2) is 47.6 Å². The SMILES string of the molecule is Oc1ccc(/C=N/NC(O)c2cc(-c3ccc(Cl)cc3Cl)n[nH]2)c(O)c1. The van der Waals surface area contributed by atoms with Crippen molar-refractivity contribution in [3.05, 3.63) is 63.8 Å². The van der Waals surface area contributed by atoms with E-state index >= 15 is 0 Å². The summed E-state index contributed by atoms with van der Waals surface area (Å²) in [7, 11) is 0. The molecule has 0 spiro atoms. The number of aromatic hydroxyl groups is 2. The number of halogens is 2. The third kappa shape index (κ3) is 4.08. The zero-order chi connectivity index (χ0) is 18.7. The average Bonchev–Trinajstić information content (AvgIpc) is 3.06. The van der Waals surface area contributed by atoms with Crippen molar-refractivity contribution in [2.75, 3.05) is 0 Å². The van der Waals surface area contributed by atoms with Gasteiger partial charge in [-0.2, -0.15) is 10.2 Å². The number of aliphatic hydroxyl groups is 1. The summed E-state index contributed by atoms with van der Waals surface area (Å²) in [5, 5.41) is 40.7. The second-order valence-corrected chi connectivity index (χ2v) is 6.21. The lowest BCUT2D eigenvalue weighted by Gasteiger charge is -2.07. The van der Waals surface area contributed by atoms with Crippen molar-refractivity contribution in [1.29, 1.82) is 0 Å². The Labute approximate surface area is 158 Å². The van der Waals surface area contributed by atoms with Crippen molar-refractivity contribution < 1.29 is 15.3 Å². The predicted molar refractivity (Wildman–Crippen MR) is 99.5 cm³/mol. The van der Waals surface area contributed by atoms with E-state index in [9.17, 15) is 15.3 Å². The molecular weight excluding hydrogens is 379 g/mol. The highest BCUT2D eigenvalue weighted by molar-refractivity contribution is 6.36. The molecule has 0 saturated heterocycles. The molecule has 1 unspecified atom stereocenters. The first-order valence-electron chi connectivity index (χ1n) is 7.43. The Morgan fingerprint density at radius 2 is 1.92 bits per heavy atom. The highest BCUT2D eigenvalue weighted by Gasteiger charge is 2.13. The van der Waals surface area contributed by atoms with Crippen LogP contribution in [-0.4, -0.2) is 31.7 Å². The van der Waals surface area contributed by atoms with Gasteiger partial charge in [0.25, 0.3) is 0 Å². The Balaban J connectivity index is 1.70. The fourth-order valence-corrected chi connectivity index (χ4v) is 2.71. The van der Waals surface area contributed by atoms with Gasteiger partial charge in [0, 0.05) is 22.2 Å². The summed E-state index contributed by atoms with van der Waals surface area (Å²) >= 11 is 12.0. The van der Waals surface area contributed by atoms with Gasteiger partial charge in [0.05, 0.1) is 22.6 Å². The Bertz CT molecular complexity index is 959. The van der Waals surface area contributed by atoms with E-state index < -0.39 is 6.23 Å². The first-order chi connectivity index (χ1) is 12.4. The number of rotatable bonds is 5. The minimum atomic E-state index is -1.15. The standard InChI is InChI=1S/C17H14Cl2N4O3/c18-10-2-4-12(13(19)5-10)14-7-15(22-21-14)17(26)23-20-8-9-1-3-11(24)6-16(9)25/h1-8,17,23-26H,(H,21,22)/b20-8+. The summed E-state index contributed by atoms with van der Waals surface area (Å²) in [6.45, 7) is 0. The lowest BCUT2D eigenvalue weighted by atomic mass is 10.1. The smallest absolute Gasteiger partial charge is 0.182 e. The second kappa shape index (κ2) is 7.65. The van der Waals surface area contributed by atoms with E-state index in [4.69, 9.17) is 23.2 Å². The van der Waals surface area contributed by atoms with E-state index in [1.54, 1.807) is 24.3 Å². The summed E-state index contributed by atoms with van der Waals surface area (Å²) < 4.78 is 0. The zero-order valence-electron chi connectivity index (χ0n) is 13.2. The summed E-state index contributed by atoms with van der Waals surface area (Å²) in [5.41, 5.74) is 4.47. The van der Waals surface area contributed by atoms with Crippen LogP contribution in [0.5, 0.6) is 11.5 Å². The Morgan fingerprint density at radius 3 is 2.65 bits per heavy atom. The fourth-order valence-electron chi connectivity index (χ4n) is 2.20. The normalized spacial score (nSPS) is 12.4. The second-order valence-electron chi connectivity index (χ2n) is 5.37. The van der Waals surface area contributed by atoms with E-state index in [1.807, 2.05) is 0 Å². The van der Waals surface area contributed by atoms with Crippen LogP contribution in [0.4, 0.5) is 0 Å². The van der Waals surface area contributed by atoms with Crippen molar-refractivity contribution >= 4 is 29.4 Å². The topological polar surface area (TPSA) is 114 Å². The van der Waals surface area contributed by atoms with Crippen LogP contribution in [0.2, 0.25) is 10.0 Å². The van der Waals surface area contributed by atoms with Gasteiger partial charge in [0.1, 0.15) is 11.5 Å². The molecule has 0 radical (unpaired) electrons. The van der Waals surface area contributed by atoms with Crippen LogP contribution in [0.25, 0.3) is 11.3 Å². The molecule has 1 aromatic heterocycles. The van der Waals surface area contributed by atoms with Gasteiger partial charge < -0.3 is 15.3 Å². The molecule has 1 atom stereocenters. The van der Waals surface area contributed by atoms with Gasteiger partial charge in [-0.3, -0.25) is 10.5 Å². The summed E-state index contributed by atoms with van der Waals surface area (Å²) in [4.78, 5) is 0. The van der Waals surface area contributed by atoms with Crippen molar-refractivity contribution in [2.45, 2.75) is 6.23 Å². The van der Waals surface area contributed by atoms with E-state index in [-0.39, 0.29) is 11.5 Å². The molecule has 1 heterocycles. The molecule has 0 aliphatic carbocycles. The molecule has 26 heavy (non-hydrogen) atoms. The largest absolute Gasteiger partial charge is 0.508 e. The van der Waals surface area contributed by atoms with Gasteiger partial charge in [-0.15, -0.1) is 0 Å². The van der Waals surface area contributed by atoms with Gasteiger partial charge in [-0.25, -0.2) is 0 Å². The molecule has 0 bridgehead atoms. The fraction of sp³-hybridized carbons (Fsp3) is 0.0588. The number of aromatic nitrogens is 2. The van der Waals surface area contributed by atoms with Gasteiger partial charge in [-0.1, -0.05) is 23.2 Å². The van der Waals surface area contributed by atoms with Crippen LogP contribution < -0.4 is 5.43 Å². The van der Waals surface area contributed by atoms with E-state index in [0.717, 1.165) is 0 Å².